The number of rotatable bonds is 4. The van der Waals surface area contributed by atoms with Crippen molar-refractivity contribution in [1.82, 2.24) is 0 Å². The van der Waals surface area contributed by atoms with Gasteiger partial charge >= 0.3 is 0 Å². The number of carbonyl (C=O) groups is 2. The van der Waals surface area contributed by atoms with Gasteiger partial charge < -0.3 is 15.0 Å². The molecule has 1 atom stereocenters. The zero-order valence-corrected chi connectivity index (χ0v) is 14.8. The summed E-state index contributed by atoms with van der Waals surface area (Å²) in [7, 11) is 1.57. The Morgan fingerprint density at radius 2 is 2.08 bits per heavy atom. The van der Waals surface area contributed by atoms with Gasteiger partial charge in [0.1, 0.15) is 5.75 Å². The second-order valence-electron chi connectivity index (χ2n) is 6.06. The van der Waals surface area contributed by atoms with E-state index in [-0.39, 0.29) is 18.2 Å². The van der Waals surface area contributed by atoms with Crippen molar-refractivity contribution in [2.24, 2.45) is 5.92 Å². The predicted octanol–water partition coefficient (Wildman–Crippen LogP) is 3.65. The zero-order chi connectivity index (χ0) is 18.0. The highest BCUT2D eigenvalue weighted by atomic mass is 35.5. The summed E-state index contributed by atoms with van der Waals surface area (Å²) in [6.07, 6.45) is 0.192. The number of nitrogens with zero attached hydrogens (tertiary/aromatic N) is 1. The number of hydrogen-bond acceptors (Lipinski definition) is 3. The van der Waals surface area contributed by atoms with E-state index in [9.17, 15) is 9.59 Å². The number of anilines is 2. The molecule has 1 fully saturated rings. The van der Waals surface area contributed by atoms with E-state index in [1.807, 2.05) is 19.1 Å². The van der Waals surface area contributed by atoms with E-state index < -0.39 is 5.92 Å². The third kappa shape index (κ3) is 3.77. The Kier molecular flexibility index (Phi) is 4.95. The molecule has 1 N–H and O–H groups in total. The normalized spacial score (nSPS) is 16.8. The largest absolute Gasteiger partial charge is 0.497 e. The summed E-state index contributed by atoms with van der Waals surface area (Å²) in [5.74, 6) is 0.0411. The lowest BCUT2D eigenvalue weighted by Crippen LogP contribution is -2.28. The van der Waals surface area contributed by atoms with Crippen molar-refractivity contribution in [3.8, 4) is 5.75 Å². The van der Waals surface area contributed by atoms with Crippen LogP contribution in [0.25, 0.3) is 0 Å². The molecule has 1 aliphatic heterocycles. The Hall–Kier alpha value is -2.53. The molecule has 1 heterocycles. The number of hydrogen-bond donors (Lipinski definition) is 1. The van der Waals surface area contributed by atoms with E-state index in [4.69, 9.17) is 16.3 Å². The predicted molar refractivity (Wildman–Crippen MR) is 98.3 cm³/mol. The molecular weight excluding hydrogens is 340 g/mol. The van der Waals surface area contributed by atoms with Crippen LogP contribution in [-0.2, 0) is 9.59 Å². The molecule has 0 bridgehead atoms. The van der Waals surface area contributed by atoms with E-state index >= 15 is 0 Å². The molecule has 2 amide bonds. The lowest BCUT2D eigenvalue weighted by atomic mass is 10.1. The third-order valence-corrected chi connectivity index (χ3v) is 4.52. The van der Waals surface area contributed by atoms with Gasteiger partial charge in [-0.05, 0) is 42.8 Å². The smallest absolute Gasteiger partial charge is 0.229 e. The van der Waals surface area contributed by atoms with Gasteiger partial charge in [0.05, 0.1) is 13.0 Å². The Labute approximate surface area is 151 Å². The fourth-order valence-electron chi connectivity index (χ4n) is 2.98. The second-order valence-corrected chi connectivity index (χ2v) is 6.49. The molecule has 0 radical (unpaired) electrons. The highest BCUT2D eigenvalue weighted by Crippen LogP contribution is 2.30. The van der Waals surface area contributed by atoms with Crippen LogP contribution in [0.1, 0.15) is 12.0 Å². The Morgan fingerprint density at radius 1 is 1.28 bits per heavy atom. The molecule has 0 aromatic heterocycles. The van der Waals surface area contributed by atoms with Crippen LogP contribution in [0.5, 0.6) is 5.75 Å². The van der Waals surface area contributed by atoms with Crippen molar-refractivity contribution < 1.29 is 14.3 Å². The van der Waals surface area contributed by atoms with E-state index in [2.05, 4.69) is 5.32 Å². The third-order valence-electron chi connectivity index (χ3n) is 4.28. The maximum atomic E-state index is 12.5. The van der Waals surface area contributed by atoms with E-state index in [0.717, 1.165) is 11.3 Å². The number of amides is 2. The summed E-state index contributed by atoms with van der Waals surface area (Å²) >= 11 is 5.98. The standard InChI is InChI=1S/C19H19ClN2O3/c1-12-8-14(20)6-7-17(12)22-11-13(9-18(22)23)19(24)21-15-4-3-5-16(10-15)25-2/h3-8,10,13H,9,11H2,1-2H3,(H,21,24). The van der Waals surface area contributed by atoms with Crippen LogP contribution in [0.4, 0.5) is 11.4 Å². The van der Waals surface area contributed by atoms with Gasteiger partial charge in [-0.15, -0.1) is 0 Å². The van der Waals surface area contributed by atoms with Crippen LogP contribution in [-0.4, -0.2) is 25.5 Å². The van der Waals surface area contributed by atoms with Crippen LogP contribution in [0.2, 0.25) is 5.02 Å². The van der Waals surface area contributed by atoms with Gasteiger partial charge in [-0.1, -0.05) is 17.7 Å². The van der Waals surface area contributed by atoms with Gasteiger partial charge in [-0.3, -0.25) is 9.59 Å². The summed E-state index contributed by atoms with van der Waals surface area (Å²) in [5.41, 5.74) is 2.36. The van der Waals surface area contributed by atoms with Gasteiger partial charge in [0, 0.05) is 35.4 Å². The molecule has 5 nitrogen and oxygen atoms in total. The van der Waals surface area contributed by atoms with Gasteiger partial charge in [-0.25, -0.2) is 0 Å². The number of nitrogens with one attached hydrogen (secondary N) is 1. The molecule has 3 rings (SSSR count). The van der Waals surface area contributed by atoms with Crippen molar-refractivity contribution in [1.29, 1.82) is 0 Å². The number of methoxy groups -OCH3 is 1. The molecule has 0 saturated carbocycles. The lowest BCUT2D eigenvalue weighted by molar-refractivity contribution is -0.122. The van der Waals surface area contributed by atoms with E-state index in [0.29, 0.717) is 23.0 Å². The minimum Gasteiger partial charge on any atom is -0.497 e. The molecule has 6 heteroatoms. The van der Waals surface area contributed by atoms with Crippen LogP contribution in [0, 0.1) is 12.8 Å². The molecule has 1 saturated heterocycles. The molecule has 0 aliphatic carbocycles. The van der Waals surface area contributed by atoms with Gasteiger partial charge in [0.25, 0.3) is 0 Å². The highest BCUT2D eigenvalue weighted by Gasteiger charge is 2.35. The molecular formula is C19H19ClN2O3. The van der Waals surface area contributed by atoms with E-state index in [1.54, 1.807) is 42.3 Å². The van der Waals surface area contributed by atoms with Crippen LogP contribution in [0.3, 0.4) is 0 Å². The van der Waals surface area contributed by atoms with Crippen LogP contribution < -0.4 is 15.0 Å². The van der Waals surface area contributed by atoms with Crippen molar-refractivity contribution in [2.45, 2.75) is 13.3 Å². The Balaban J connectivity index is 1.72. The first-order chi connectivity index (χ1) is 12.0. The number of aryl methyl sites for hydroxylation is 1. The summed E-state index contributed by atoms with van der Waals surface area (Å²) in [5, 5.41) is 3.48. The average molecular weight is 359 g/mol. The van der Waals surface area contributed by atoms with E-state index in [1.165, 1.54) is 0 Å². The fourth-order valence-corrected chi connectivity index (χ4v) is 3.21. The fraction of sp³-hybridized carbons (Fsp3) is 0.263. The SMILES string of the molecule is COc1cccc(NC(=O)C2CC(=O)N(c3ccc(Cl)cc3C)C2)c1. The molecule has 0 spiro atoms. The lowest BCUT2D eigenvalue weighted by Gasteiger charge is -2.19. The summed E-state index contributed by atoms with van der Waals surface area (Å²) < 4.78 is 5.15. The molecule has 1 aliphatic rings. The van der Waals surface area contributed by atoms with Crippen LogP contribution >= 0.6 is 11.6 Å². The van der Waals surface area contributed by atoms with Crippen molar-refractivity contribution in [3.05, 3.63) is 53.1 Å². The first-order valence-electron chi connectivity index (χ1n) is 7.99. The minimum absolute atomic E-state index is 0.0591. The quantitative estimate of drug-likeness (QED) is 0.907. The van der Waals surface area contributed by atoms with Gasteiger partial charge in [0.2, 0.25) is 11.8 Å². The molecule has 25 heavy (non-hydrogen) atoms. The first-order valence-corrected chi connectivity index (χ1v) is 8.37. The molecule has 1 unspecified atom stereocenters. The summed E-state index contributed by atoms with van der Waals surface area (Å²) in [6.45, 7) is 2.26. The topological polar surface area (TPSA) is 58.6 Å². The number of ether oxygens (including phenoxy) is 1. The maximum absolute atomic E-state index is 12.5. The first kappa shape index (κ1) is 17.3. The van der Waals surface area contributed by atoms with Gasteiger partial charge in [-0.2, -0.15) is 0 Å². The Bertz CT molecular complexity index is 822. The summed E-state index contributed by atoms with van der Waals surface area (Å²) in [6, 6.07) is 12.5. The second kappa shape index (κ2) is 7.15. The van der Waals surface area contributed by atoms with Crippen molar-refractivity contribution in [2.75, 3.05) is 23.9 Å². The molecule has 2 aromatic carbocycles. The van der Waals surface area contributed by atoms with Crippen LogP contribution in [0.15, 0.2) is 42.5 Å². The van der Waals surface area contributed by atoms with Crippen molar-refractivity contribution in [3.63, 3.8) is 0 Å². The monoisotopic (exact) mass is 358 g/mol. The highest BCUT2D eigenvalue weighted by molar-refractivity contribution is 6.30. The zero-order valence-electron chi connectivity index (χ0n) is 14.1. The minimum atomic E-state index is -0.395. The average Bonchev–Trinajstić information content (AvgIpc) is 2.97. The van der Waals surface area contributed by atoms with Gasteiger partial charge in [0.15, 0.2) is 0 Å². The maximum Gasteiger partial charge on any atom is 0.229 e. The summed E-state index contributed by atoms with van der Waals surface area (Å²) in [4.78, 5) is 26.6. The molecule has 130 valence electrons. The number of halogens is 1. The van der Waals surface area contributed by atoms with Crippen molar-refractivity contribution >= 4 is 34.8 Å². The number of benzene rings is 2. The molecule has 2 aromatic rings. The Morgan fingerprint density at radius 3 is 2.80 bits per heavy atom. The number of carbonyl (C=O) groups excluding carboxylic acids is 2.